The number of carbonyl (C=O) groups excluding carboxylic acids is 1. The molecule has 2 aromatic carbocycles. The lowest BCUT2D eigenvalue weighted by molar-refractivity contribution is -0.387. The van der Waals surface area contributed by atoms with Crippen molar-refractivity contribution in [2.75, 3.05) is 14.2 Å². The molecule has 0 bridgehead atoms. The summed E-state index contributed by atoms with van der Waals surface area (Å²) in [6.07, 6.45) is -1.53. The fourth-order valence-electron chi connectivity index (χ4n) is 2.22. The van der Waals surface area contributed by atoms with Gasteiger partial charge in [0.1, 0.15) is 5.75 Å². The first-order chi connectivity index (χ1) is 12.4. The number of nitro benzene ring substituents is 1. The summed E-state index contributed by atoms with van der Waals surface area (Å²) in [6.45, 7) is 0. The van der Waals surface area contributed by atoms with Crippen LogP contribution >= 0.6 is 23.4 Å². The first-order valence-corrected chi connectivity index (χ1v) is 8.63. The van der Waals surface area contributed by atoms with Crippen molar-refractivity contribution in [2.45, 2.75) is 16.2 Å². The largest absolute Gasteiger partial charge is 0.497 e. The molecule has 2 aromatic rings. The molecule has 0 aliphatic rings. The number of nitrogens with zero attached hydrogens (tertiary/aromatic N) is 1. The lowest BCUT2D eigenvalue weighted by Crippen LogP contribution is -2.27. The summed E-state index contributed by atoms with van der Waals surface area (Å²) in [6, 6.07) is 10.8. The zero-order valence-electron chi connectivity index (χ0n) is 13.9. The molecule has 0 amide bonds. The molecule has 9 heteroatoms. The van der Waals surface area contributed by atoms with Crippen LogP contribution in [0.15, 0.2) is 47.4 Å². The molecule has 138 valence electrons. The topological polar surface area (TPSA) is 98.9 Å². The number of halogens is 1. The number of aliphatic hydroxyl groups is 1. The molecule has 2 rings (SSSR count). The SMILES string of the molecule is COC(=O)[C@@H](O)[C@H](Sc1cc(Cl)ccc1[N+](=O)[O-])c1ccc(OC)cc1. The van der Waals surface area contributed by atoms with Crippen molar-refractivity contribution >= 4 is 35.0 Å². The van der Waals surface area contributed by atoms with E-state index in [1.54, 1.807) is 24.3 Å². The van der Waals surface area contributed by atoms with Gasteiger partial charge in [-0.05, 0) is 29.8 Å². The number of nitro groups is 1. The van der Waals surface area contributed by atoms with Gasteiger partial charge in [0, 0.05) is 11.1 Å². The molecule has 0 saturated heterocycles. The Kier molecular flexibility index (Phi) is 6.84. The molecular formula is C17H16ClNO6S. The lowest BCUT2D eigenvalue weighted by atomic mass is 10.1. The normalized spacial score (nSPS) is 12.9. The number of hydrogen-bond donors (Lipinski definition) is 1. The Morgan fingerprint density at radius 2 is 1.88 bits per heavy atom. The maximum atomic E-state index is 11.9. The summed E-state index contributed by atoms with van der Waals surface area (Å²) in [5.41, 5.74) is 0.401. The van der Waals surface area contributed by atoms with E-state index >= 15 is 0 Å². The maximum absolute atomic E-state index is 11.9. The molecule has 0 spiro atoms. The van der Waals surface area contributed by atoms with Crippen molar-refractivity contribution in [3.63, 3.8) is 0 Å². The molecule has 0 aliphatic heterocycles. The third-order valence-corrected chi connectivity index (χ3v) is 5.15. The van der Waals surface area contributed by atoms with Crippen molar-refractivity contribution in [2.24, 2.45) is 0 Å². The van der Waals surface area contributed by atoms with Gasteiger partial charge in [-0.3, -0.25) is 10.1 Å². The van der Waals surface area contributed by atoms with E-state index in [4.69, 9.17) is 16.3 Å². The van der Waals surface area contributed by atoms with Crippen LogP contribution in [-0.2, 0) is 9.53 Å². The van der Waals surface area contributed by atoms with Crippen molar-refractivity contribution < 1.29 is 24.3 Å². The lowest BCUT2D eigenvalue weighted by Gasteiger charge is -2.21. The van der Waals surface area contributed by atoms with Crippen LogP contribution in [0.3, 0.4) is 0 Å². The fourth-order valence-corrected chi connectivity index (χ4v) is 3.72. The van der Waals surface area contributed by atoms with E-state index in [2.05, 4.69) is 4.74 Å². The van der Waals surface area contributed by atoms with Gasteiger partial charge in [0.25, 0.3) is 5.69 Å². The Morgan fingerprint density at radius 3 is 2.42 bits per heavy atom. The third-order valence-electron chi connectivity index (χ3n) is 3.55. The number of benzene rings is 2. The summed E-state index contributed by atoms with van der Waals surface area (Å²) < 4.78 is 9.71. The van der Waals surface area contributed by atoms with E-state index in [0.29, 0.717) is 16.3 Å². The minimum Gasteiger partial charge on any atom is -0.497 e. The van der Waals surface area contributed by atoms with Gasteiger partial charge in [0.2, 0.25) is 0 Å². The second-order valence-electron chi connectivity index (χ2n) is 5.15. The van der Waals surface area contributed by atoms with E-state index < -0.39 is 22.2 Å². The van der Waals surface area contributed by atoms with Crippen LogP contribution in [0, 0.1) is 10.1 Å². The van der Waals surface area contributed by atoms with Gasteiger partial charge in [-0.2, -0.15) is 0 Å². The number of methoxy groups -OCH3 is 2. The van der Waals surface area contributed by atoms with Gasteiger partial charge in [-0.15, -0.1) is 11.8 Å². The maximum Gasteiger partial charge on any atom is 0.336 e. The number of esters is 1. The van der Waals surface area contributed by atoms with E-state index in [9.17, 15) is 20.0 Å². The Labute approximate surface area is 159 Å². The average molecular weight is 398 g/mol. The third kappa shape index (κ3) is 4.66. The highest BCUT2D eigenvalue weighted by atomic mass is 35.5. The molecule has 0 heterocycles. The average Bonchev–Trinajstić information content (AvgIpc) is 2.64. The molecule has 26 heavy (non-hydrogen) atoms. The van der Waals surface area contributed by atoms with Gasteiger partial charge < -0.3 is 14.6 Å². The minimum atomic E-state index is -1.53. The highest BCUT2D eigenvalue weighted by Gasteiger charge is 2.31. The van der Waals surface area contributed by atoms with Crippen LogP contribution in [0.25, 0.3) is 0 Å². The second-order valence-corrected chi connectivity index (χ2v) is 6.77. The summed E-state index contributed by atoms with van der Waals surface area (Å²) in [4.78, 5) is 22.8. The molecule has 0 unspecified atom stereocenters. The highest BCUT2D eigenvalue weighted by molar-refractivity contribution is 7.99. The molecule has 1 N–H and O–H groups in total. The molecule has 0 aromatic heterocycles. The van der Waals surface area contributed by atoms with Gasteiger partial charge in [-0.1, -0.05) is 23.7 Å². The number of thioether (sulfide) groups is 1. The van der Waals surface area contributed by atoms with Gasteiger partial charge >= 0.3 is 5.97 Å². The van der Waals surface area contributed by atoms with Crippen LogP contribution in [-0.4, -0.2) is 36.3 Å². The number of ether oxygens (including phenoxy) is 2. The Balaban J connectivity index is 2.46. The minimum absolute atomic E-state index is 0.171. The smallest absolute Gasteiger partial charge is 0.336 e. The van der Waals surface area contributed by atoms with Crippen molar-refractivity contribution in [1.82, 2.24) is 0 Å². The summed E-state index contributed by atoms with van der Waals surface area (Å²) >= 11 is 6.91. The first-order valence-electron chi connectivity index (χ1n) is 7.37. The summed E-state index contributed by atoms with van der Waals surface area (Å²) in [7, 11) is 2.67. The highest BCUT2D eigenvalue weighted by Crippen LogP contribution is 2.43. The quantitative estimate of drug-likeness (QED) is 0.329. The van der Waals surface area contributed by atoms with E-state index in [1.807, 2.05) is 0 Å². The number of aliphatic hydroxyl groups excluding tert-OH is 1. The Morgan fingerprint density at radius 1 is 1.23 bits per heavy atom. The molecular weight excluding hydrogens is 382 g/mol. The van der Waals surface area contributed by atoms with Crippen LogP contribution in [0.2, 0.25) is 5.02 Å². The predicted molar refractivity (Wildman–Crippen MR) is 97.7 cm³/mol. The zero-order chi connectivity index (χ0) is 19.3. The molecule has 0 fully saturated rings. The van der Waals surface area contributed by atoms with E-state index in [-0.39, 0.29) is 10.6 Å². The standard InChI is InChI=1S/C17H16ClNO6S/c1-24-12-6-3-10(4-7-12)16(15(20)17(21)25-2)26-14-9-11(18)5-8-13(14)19(22)23/h3-9,15-16,20H,1-2H3/t15-,16+/m0/s1. The summed E-state index contributed by atoms with van der Waals surface area (Å²) in [5.74, 6) is -0.248. The first kappa shape index (κ1) is 20.0. The molecule has 0 radical (unpaired) electrons. The predicted octanol–water partition coefficient (Wildman–Crippen LogP) is 3.62. The van der Waals surface area contributed by atoms with Gasteiger partial charge in [0.05, 0.1) is 29.3 Å². The number of hydrogen-bond acceptors (Lipinski definition) is 7. The second kappa shape index (κ2) is 8.88. The monoisotopic (exact) mass is 397 g/mol. The number of rotatable bonds is 7. The number of carbonyl (C=O) groups is 1. The zero-order valence-corrected chi connectivity index (χ0v) is 15.5. The van der Waals surface area contributed by atoms with Crippen molar-refractivity contribution in [3.05, 3.63) is 63.2 Å². The van der Waals surface area contributed by atoms with Crippen LogP contribution in [0.4, 0.5) is 5.69 Å². The van der Waals surface area contributed by atoms with Crippen LogP contribution in [0.5, 0.6) is 5.75 Å². The fraction of sp³-hybridized carbons (Fsp3) is 0.235. The van der Waals surface area contributed by atoms with Crippen LogP contribution in [0.1, 0.15) is 10.8 Å². The Hall–Kier alpha value is -2.29. The van der Waals surface area contributed by atoms with Gasteiger partial charge in [-0.25, -0.2) is 4.79 Å². The molecule has 7 nitrogen and oxygen atoms in total. The van der Waals surface area contributed by atoms with Crippen molar-refractivity contribution in [1.29, 1.82) is 0 Å². The van der Waals surface area contributed by atoms with E-state index in [0.717, 1.165) is 18.9 Å². The van der Waals surface area contributed by atoms with Gasteiger partial charge in [0.15, 0.2) is 6.10 Å². The Bertz CT molecular complexity index is 798. The molecule has 2 atom stereocenters. The molecule has 0 saturated carbocycles. The van der Waals surface area contributed by atoms with E-state index in [1.165, 1.54) is 25.3 Å². The van der Waals surface area contributed by atoms with Crippen molar-refractivity contribution in [3.8, 4) is 5.75 Å². The molecule has 0 aliphatic carbocycles. The van der Waals surface area contributed by atoms with Crippen LogP contribution < -0.4 is 4.74 Å². The summed E-state index contributed by atoms with van der Waals surface area (Å²) in [5, 5.41) is 21.1.